The van der Waals surface area contributed by atoms with Crippen molar-refractivity contribution in [1.82, 2.24) is 9.97 Å². The van der Waals surface area contributed by atoms with Gasteiger partial charge in [0, 0.05) is 13.2 Å². The molecule has 1 heterocycles. The number of anilines is 2. The SMILES string of the molecule is Nc1cc2c(=O)[nH]cnc2cc1NCC1(CCO)CC1. The maximum Gasteiger partial charge on any atom is 0.258 e. The molecule has 6 nitrogen and oxygen atoms in total. The van der Waals surface area contributed by atoms with Gasteiger partial charge in [0.05, 0.1) is 28.6 Å². The molecule has 0 aliphatic heterocycles. The van der Waals surface area contributed by atoms with E-state index >= 15 is 0 Å². The van der Waals surface area contributed by atoms with Crippen molar-refractivity contribution in [2.45, 2.75) is 19.3 Å². The third-order valence-electron chi connectivity index (χ3n) is 4.06. The second-order valence-corrected chi connectivity index (χ2v) is 5.52. The van der Waals surface area contributed by atoms with E-state index in [0.717, 1.165) is 31.5 Å². The highest BCUT2D eigenvalue weighted by Crippen LogP contribution is 2.48. The van der Waals surface area contributed by atoms with Gasteiger partial charge in [-0.3, -0.25) is 4.79 Å². The van der Waals surface area contributed by atoms with Crippen LogP contribution in [0.2, 0.25) is 0 Å². The van der Waals surface area contributed by atoms with Crippen LogP contribution in [0.25, 0.3) is 10.9 Å². The quantitative estimate of drug-likeness (QED) is 0.611. The standard InChI is InChI=1S/C14H18N4O2/c15-10-5-9-11(17-8-18-13(9)20)6-12(10)16-7-14(1-2-14)3-4-19/h5-6,8,16,19H,1-4,7,15H2,(H,17,18,20). The molecule has 0 saturated heterocycles. The molecule has 2 aromatic rings. The minimum Gasteiger partial charge on any atom is -0.397 e. The molecule has 0 radical (unpaired) electrons. The van der Waals surface area contributed by atoms with Crippen LogP contribution in [0.3, 0.4) is 0 Å². The molecule has 0 amide bonds. The molecule has 0 atom stereocenters. The Kier molecular flexibility index (Phi) is 3.10. The van der Waals surface area contributed by atoms with Crippen molar-refractivity contribution in [2.24, 2.45) is 5.41 Å². The summed E-state index contributed by atoms with van der Waals surface area (Å²) in [4.78, 5) is 18.3. The van der Waals surface area contributed by atoms with Gasteiger partial charge in [-0.05, 0) is 36.8 Å². The van der Waals surface area contributed by atoms with Gasteiger partial charge >= 0.3 is 0 Å². The molecule has 3 rings (SSSR count). The summed E-state index contributed by atoms with van der Waals surface area (Å²) >= 11 is 0. The predicted octanol–water partition coefficient (Wildman–Crippen LogP) is 1.08. The number of hydrogen-bond donors (Lipinski definition) is 4. The molecule has 1 aliphatic carbocycles. The Labute approximate surface area is 116 Å². The summed E-state index contributed by atoms with van der Waals surface area (Å²) in [6, 6.07) is 3.45. The zero-order valence-electron chi connectivity index (χ0n) is 11.1. The Morgan fingerprint density at radius 3 is 2.95 bits per heavy atom. The lowest BCUT2D eigenvalue weighted by Crippen LogP contribution is -2.17. The van der Waals surface area contributed by atoms with Gasteiger partial charge in [-0.25, -0.2) is 4.98 Å². The van der Waals surface area contributed by atoms with Gasteiger partial charge in [0.25, 0.3) is 5.56 Å². The lowest BCUT2D eigenvalue weighted by Gasteiger charge is -2.17. The number of rotatable bonds is 5. The molecule has 1 saturated carbocycles. The van der Waals surface area contributed by atoms with Crippen molar-refractivity contribution >= 4 is 22.3 Å². The van der Waals surface area contributed by atoms with Crippen LogP contribution in [0.5, 0.6) is 0 Å². The fourth-order valence-corrected chi connectivity index (χ4v) is 2.50. The molecule has 106 valence electrons. The maximum atomic E-state index is 11.7. The lowest BCUT2D eigenvalue weighted by molar-refractivity contribution is 0.253. The van der Waals surface area contributed by atoms with E-state index in [1.165, 1.54) is 6.33 Å². The van der Waals surface area contributed by atoms with Gasteiger partial charge in [0.2, 0.25) is 0 Å². The van der Waals surface area contributed by atoms with Crippen molar-refractivity contribution in [2.75, 3.05) is 24.2 Å². The third kappa shape index (κ3) is 2.34. The van der Waals surface area contributed by atoms with Crippen LogP contribution in [0.1, 0.15) is 19.3 Å². The van der Waals surface area contributed by atoms with Gasteiger partial charge in [0.1, 0.15) is 0 Å². The number of nitrogens with zero attached hydrogens (tertiary/aromatic N) is 1. The Hall–Kier alpha value is -2.08. The van der Waals surface area contributed by atoms with E-state index in [0.29, 0.717) is 16.6 Å². The molecular weight excluding hydrogens is 256 g/mol. The van der Waals surface area contributed by atoms with Gasteiger partial charge in [-0.2, -0.15) is 0 Å². The van der Waals surface area contributed by atoms with Gasteiger partial charge < -0.3 is 21.1 Å². The molecule has 5 N–H and O–H groups in total. The summed E-state index contributed by atoms with van der Waals surface area (Å²) in [6.45, 7) is 0.998. The summed E-state index contributed by atoms with van der Waals surface area (Å²) in [7, 11) is 0. The molecule has 0 bridgehead atoms. The number of H-pyrrole nitrogens is 1. The molecule has 1 aromatic carbocycles. The summed E-state index contributed by atoms with van der Waals surface area (Å²) in [5.74, 6) is 0. The number of aliphatic hydroxyl groups is 1. The van der Waals surface area contributed by atoms with E-state index in [1.54, 1.807) is 12.1 Å². The fraction of sp³-hybridized carbons (Fsp3) is 0.429. The number of benzene rings is 1. The van der Waals surface area contributed by atoms with Crippen molar-refractivity contribution < 1.29 is 5.11 Å². The normalized spacial score (nSPS) is 16.2. The van der Waals surface area contributed by atoms with Crippen LogP contribution in [-0.2, 0) is 0 Å². The highest BCUT2D eigenvalue weighted by atomic mass is 16.3. The number of nitrogens with one attached hydrogen (secondary N) is 2. The highest BCUT2D eigenvalue weighted by molar-refractivity contribution is 5.88. The first kappa shape index (κ1) is 12.9. The second kappa shape index (κ2) is 4.79. The molecule has 1 fully saturated rings. The fourth-order valence-electron chi connectivity index (χ4n) is 2.50. The summed E-state index contributed by atoms with van der Waals surface area (Å²) in [5, 5.41) is 12.9. The van der Waals surface area contributed by atoms with Crippen LogP contribution in [0.15, 0.2) is 23.3 Å². The van der Waals surface area contributed by atoms with E-state index < -0.39 is 0 Å². The van der Waals surface area contributed by atoms with Crippen molar-refractivity contribution in [1.29, 1.82) is 0 Å². The number of aliphatic hydroxyl groups excluding tert-OH is 1. The van der Waals surface area contributed by atoms with E-state index in [1.807, 2.05) is 0 Å². The number of nitrogen functional groups attached to an aromatic ring is 1. The molecule has 6 heteroatoms. The van der Waals surface area contributed by atoms with E-state index in [4.69, 9.17) is 10.8 Å². The Morgan fingerprint density at radius 2 is 2.25 bits per heavy atom. The minimum atomic E-state index is -0.188. The molecule has 0 spiro atoms. The van der Waals surface area contributed by atoms with Crippen LogP contribution >= 0.6 is 0 Å². The van der Waals surface area contributed by atoms with E-state index in [2.05, 4.69) is 15.3 Å². The third-order valence-corrected chi connectivity index (χ3v) is 4.06. The molecule has 1 aromatic heterocycles. The number of nitrogens with two attached hydrogens (primary N) is 1. The van der Waals surface area contributed by atoms with Crippen LogP contribution in [0, 0.1) is 5.41 Å². The molecule has 0 unspecified atom stereocenters. The molecule has 20 heavy (non-hydrogen) atoms. The van der Waals surface area contributed by atoms with Crippen molar-refractivity contribution in [3.63, 3.8) is 0 Å². The zero-order valence-corrected chi connectivity index (χ0v) is 11.1. The highest BCUT2D eigenvalue weighted by Gasteiger charge is 2.41. The Balaban J connectivity index is 1.85. The number of hydrogen-bond acceptors (Lipinski definition) is 5. The monoisotopic (exact) mass is 274 g/mol. The average Bonchev–Trinajstić information content (AvgIpc) is 3.18. The Bertz CT molecular complexity index is 691. The Morgan fingerprint density at radius 1 is 1.45 bits per heavy atom. The van der Waals surface area contributed by atoms with Crippen LogP contribution in [-0.4, -0.2) is 28.2 Å². The average molecular weight is 274 g/mol. The van der Waals surface area contributed by atoms with Gasteiger partial charge in [0.15, 0.2) is 0 Å². The predicted molar refractivity (Wildman–Crippen MR) is 78.6 cm³/mol. The number of aromatic amines is 1. The first-order chi connectivity index (χ1) is 9.63. The van der Waals surface area contributed by atoms with Crippen LogP contribution in [0.4, 0.5) is 11.4 Å². The van der Waals surface area contributed by atoms with Crippen LogP contribution < -0.4 is 16.6 Å². The van der Waals surface area contributed by atoms with E-state index in [-0.39, 0.29) is 17.6 Å². The van der Waals surface area contributed by atoms with E-state index in [9.17, 15) is 4.79 Å². The zero-order chi connectivity index (χ0) is 14.2. The topological polar surface area (TPSA) is 104 Å². The number of fused-ring (bicyclic) bond motifs is 1. The molecule has 1 aliphatic rings. The smallest absolute Gasteiger partial charge is 0.258 e. The largest absolute Gasteiger partial charge is 0.397 e. The minimum absolute atomic E-state index is 0.188. The second-order valence-electron chi connectivity index (χ2n) is 5.52. The first-order valence-electron chi connectivity index (χ1n) is 6.75. The summed E-state index contributed by atoms with van der Waals surface area (Å²) in [6.07, 6.45) is 4.46. The summed E-state index contributed by atoms with van der Waals surface area (Å²) in [5.41, 5.74) is 7.96. The maximum absolute atomic E-state index is 11.7. The number of aromatic nitrogens is 2. The van der Waals surface area contributed by atoms with Crippen molar-refractivity contribution in [3.8, 4) is 0 Å². The van der Waals surface area contributed by atoms with Gasteiger partial charge in [-0.1, -0.05) is 0 Å². The first-order valence-corrected chi connectivity index (χ1v) is 6.75. The lowest BCUT2D eigenvalue weighted by atomic mass is 10.0. The van der Waals surface area contributed by atoms with Gasteiger partial charge in [-0.15, -0.1) is 0 Å². The van der Waals surface area contributed by atoms with Crippen molar-refractivity contribution in [3.05, 3.63) is 28.8 Å². The summed E-state index contributed by atoms with van der Waals surface area (Å²) < 4.78 is 0. The molecular formula is C14H18N4O2.